The van der Waals surface area contributed by atoms with Crippen molar-refractivity contribution in [2.24, 2.45) is 11.3 Å². The number of benzene rings is 1. The van der Waals surface area contributed by atoms with Gasteiger partial charge in [0.1, 0.15) is 11.2 Å². The van der Waals surface area contributed by atoms with Crippen LogP contribution in [0.15, 0.2) is 18.2 Å². The van der Waals surface area contributed by atoms with Gasteiger partial charge in [0.25, 0.3) is 0 Å². The van der Waals surface area contributed by atoms with E-state index in [1.807, 2.05) is 6.92 Å². The fourth-order valence-corrected chi connectivity index (χ4v) is 2.40. The molecule has 0 heterocycles. The number of nitrogens with zero attached hydrogens (tertiary/aromatic N) is 1. The van der Waals surface area contributed by atoms with Gasteiger partial charge in [0, 0.05) is 5.69 Å². The number of halogens is 2. The molecule has 0 unspecified atom stereocenters. The molecule has 0 radical (unpaired) electrons. The molecule has 1 aromatic carbocycles. The van der Waals surface area contributed by atoms with E-state index in [0.29, 0.717) is 24.4 Å². The Morgan fingerprint density at radius 2 is 2.28 bits per heavy atom. The number of carbonyl (C=O) groups excluding carboxylic acids is 1. The molecule has 0 spiro atoms. The molecule has 1 aliphatic rings. The monoisotopic (exact) mass is 266 g/mol. The Labute approximate surface area is 110 Å². The maximum absolute atomic E-state index is 13.2. The Morgan fingerprint density at radius 1 is 1.61 bits per heavy atom. The summed E-state index contributed by atoms with van der Waals surface area (Å²) in [6.45, 7) is 1.99. The molecule has 94 valence electrons. The van der Waals surface area contributed by atoms with Crippen molar-refractivity contribution in [3.05, 3.63) is 29.0 Å². The molecule has 1 fully saturated rings. The maximum Gasteiger partial charge on any atom is 0.244 e. The third kappa shape index (κ3) is 2.19. The van der Waals surface area contributed by atoms with E-state index in [4.69, 9.17) is 16.9 Å². The molecule has 1 aliphatic carbocycles. The highest BCUT2D eigenvalue weighted by Crippen LogP contribution is 2.45. The normalized spacial score (nSPS) is 26.0. The third-order valence-electron chi connectivity index (χ3n) is 3.22. The Balaban J connectivity index is 2.12. The first-order valence-electron chi connectivity index (χ1n) is 5.64. The lowest BCUT2D eigenvalue weighted by molar-refractivity contribution is -0.128. The lowest BCUT2D eigenvalue weighted by atomic mass is 9.63. The molecule has 5 heteroatoms. The molecule has 0 saturated heterocycles. The van der Waals surface area contributed by atoms with Crippen LogP contribution in [0.3, 0.4) is 0 Å². The predicted octanol–water partition coefficient (Wildman–Crippen LogP) is 3.36. The molecule has 0 aromatic heterocycles. The lowest BCUT2D eigenvalue weighted by Crippen LogP contribution is -2.45. The number of amides is 1. The Kier molecular flexibility index (Phi) is 3.27. The fraction of sp³-hybridized carbons (Fsp3) is 0.385. The van der Waals surface area contributed by atoms with E-state index >= 15 is 0 Å². The Bertz CT molecular complexity index is 532. The molecular formula is C13H12ClFN2O. The predicted molar refractivity (Wildman–Crippen MR) is 66.5 cm³/mol. The molecular weight excluding hydrogens is 255 g/mol. The highest BCUT2D eigenvalue weighted by atomic mass is 35.5. The SMILES string of the molecule is CC1CC(C#N)(C(=O)Nc2ccc(Cl)c(F)c2)C1. The molecule has 1 amide bonds. The van der Waals surface area contributed by atoms with Crippen LogP contribution in [0.2, 0.25) is 5.02 Å². The maximum atomic E-state index is 13.2. The van der Waals surface area contributed by atoms with E-state index in [1.54, 1.807) is 0 Å². The smallest absolute Gasteiger partial charge is 0.244 e. The summed E-state index contributed by atoms with van der Waals surface area (Å²) in [6.07, 6.45) is 1.09. The summed E-state index contributed by atoms with van der Waals surface area (Å²) in [5.41, 5.74) is -0.647. The van der Waals surface area contributed by atoms with Gasteiger partial charge in [-0.05, 0) is 37.0 Å². The van der Waals surface area contributed by atoms with Gasteiger partial charge in [0.05, 0.1) is 11.1 Å². The van der Waals surface area contributed by atoms with Gasteiger partial charge in [0.15, 0.2) is 0 Å². The Hall–Kier alpha value is -1.60. The number of rotatable bonds is 2. The number of nitriles is 1. The van der Waals surface area contributed by atoms with Crippen LogP contribution in [0, 0.1) is 28.5 Å². The van der Waals surface area contributed by atoms with Gasteiger partial charge in [-0.1, -0.05) is 18.5 Å². The summed E-state index contributed by atoms with van der Waals surface area (Å²) >= 11 is 5.55. The van der Waals surface area contributed by atoms with Crippen molar-refractivity contribution >= 4 is 23.2 Å². The van der Waals surface area contributed by atoms with E-state index in [1.165, 1.54) is 12.1 Å². The first kappa shape index (κ1) is 12.8. The highest BCUT2D eigenvalue weighted by Gasteiger charge is 2.48. The van der Waals surface area contributed by atoms with Crippen LogP contribution in [-0.4, -0.2) is 5.91 Å². The molecule has 0 aliphatic heterocycles. The number of carbonyl (C=O) groups is 1. The minimum Gasteiger partial charge on any atom is -0.325 e. The van der Waals surface area contributed by atoms with E-state index in [-0.39, 0.29) is 10.9 Å². The number of hydrogen-bond acceptors (Lipinski definition) is 2. The van der Waals surface area contributed by atoms with Crippen molar-refractivity contribution in [2.75, 3.05) is 5.32 Å². The van der Waals surface area contributed by atoms with E-state index in [9.17, 15) is 9.18 Å². The van der Waals surface area contributed by atoms with E-state index < -0.39 is 11.2 Å². The second kappa shape index (κ2) is 4.58. The van der Waals surface area contributed by atoms with Crippen LogP contribution in [0.25, 0.3) is 0 Å². The third-order valence-corrected chi connectivity index (χ3v) is 3.53. The largest absolute Gasteiger partial charge is 0.325 e. The van der Waals surface area contributed by atoms with Crippen molar-refractivity contribution in [3.8, 4) is 6.07 Å². The van der Waals surface area contributed by atoms with E-state index in [2.05, 4.69) is 11.4 Å². The van der Waals surface area contributed by atoms with Gasteiger partial charge in [-0.15, -0.1) is 0 Å². The van der Waals surface area contributed by atoms with Crippen molar-refractivity contribution in [3.63, 3.8) is 0 Å². The zero-order valence-electron chi connectivity index (χ0n) is 9.84. The minimum atomic E-state index is -0.963. The van der Waals surface area contributed by atoms with Crippen LogP contribution in [0.4, 0.5) is 10.1 Å². The molecule has 0 bridgehead atoms. The second-order valence-electron chi connectivity index (χ2n) is 4.79. The average Bonchev–Trinajstić information content (AvgIpc) is 2.29. The van der Waals surface area contributed by atoms with Gasteiger partial charge >= 0.3 is 0 Å². The molecule has 0 atom stereocenters. The summed E-state index contributed by atoms with van der Waals surface area (Å²) < 4.78 is 13.2. The molecule has 2 rings (SSSR count). The first-order valence-corrected chi connectivity index (χ1v) is 6.02. The Morgan fingerprint density at radius 3 is 2.78 bits per heavy atom. The molecule has 1 aromatic rings. The van der Waals surface area contributed by atoms with Crippen molar-refractivity contribution < 1.29 is 9.18 Å². The van der Waals surface area contributed by atoms with E-state index in [0.717, 1.165) is 6.07 Å². The van der Waals surface area contributed by atoms with Crippen LogP contribution >= 0.6 is 11.6 Å². The molecule has 1 N–H and O–H groups in total. The van der Waals surface area contributed by atoms with Gasteiger partial charge < -0.3 is 5.32 Å². The van der Waals surface area contributed by atoms with Gasteiger partial charge in [0.2, 0.25) is 5.91 Å². The topological polar surface area (TPSA) is 52.9 Å². The zero-order chi connectivity index (χ0) is 13.3. The number of hydrogen-bond donors (Lipinski definition) is 1. The minimum absolute atomic E-state index is 0.000242. The summed E-state index contributed by atoms with van der Waals surface area (Å²) in [5.74, 6) is -0.593. The zero-order valence-corrected chi connectivity index (χ0v) is 10.6. The van der Waals surface area contributed by atoms with Crippen molar-refractivity contribution in [2.45, 2.75) is 19.8 Å². The summed E-state index contributed by atoms with van der Waals surface area (Å²) in [5, 5.41) is 11.7. The number of nitrogens with one attached hydrogen (secondary N) is 1. The van der Waals surface area contributed by atoms with Gasteiger partial charge in [-0.2, -0.15) is 5.26 Å². The summed E-state index contributed by atoms with van der Waals surface area (Å²) in [6, 6.07) is 6.09. The van der Waals surface area contributed by atoms with Crippen LogP contribution in [0.5, 0.6) is 0 Å². The average molecular weight is 267 g/mol. The lowest BCUT2D eigenvalue weighted by Gasteiger charge is -2.39. The number of anilines is 1. The highest BCUT2D eigenvalue weighted by molar-refractivity contribution is 6.30. The standard InChI is InChI=1S/C13H12ClFN2O/c1-8-5-13(6-8,7-16)12(18)17-9-2-3-10(14)11(15)4-9/h2-4,8H,5-6H2,1H3,(H,17,18). The van der Waals surface area contributed by atoms with Crippen molar-refractivity contribution in [1.82, 2.24) is 0 Å². The van der Waals surface area contributed by atoms with Gasteiger partial charge in [-0.3, -0.25) is 4.79 Å². The summed E-state index contributed by atoms with van der Waals surface area (Å²) in [7, 11) is 0. The van der Waals surface area contributed by atoms with Crippen LogP contribution in [0.1, 0.15) is 19.8 Å². The second-order valence-corrected chi connectivity index (χ2v) is 5.20. The quantitative estimate of drug-likeness (QED) is 0.892. The van der Waals surface area contributed by atoms with Gasteiger partial charge in [-0.25, -0.2) is 4.39 Å². The molecule has 3 nitrogen and oxygen atoms in total. The molecule has 18 heavy (non-hydrogen) atoms. The van der Waals surface area contributed by atoms with Crippen LogP contribution < -0.4 is 5.32 Å². The fourth-order valence-electron chi connectivity index (χ4n) is 2.28. The van der Waals surface area contributed by atoms with Crippen molar-refractivity contribution in [1.29, 1.82) is 5.26 Å². The first-order chi connectivity index (χ1) is 8.47. The molecule has 1 saturated carbocycles. The van der Waals surface area contributed by atoms with Crippen LogP contribution in [-0.2, 0) is 4.79 Å². The summed E-state index contributed by atoms with van der Waals surface area (Å²) in [4.78, 5) is 12.0.